The summed E-state index contributed by atoms with van der Waals surface area (Å²) < 4.78 is 6.98. The summed E-state index contributed by atoms with van der Waals surface area (Å²) in [6.45, 7) is 10.1. The molecule has 0 aliphatic heterocycles. The Balaban J connectivity index is 2.78. The number of rotatable bonds is 8. The molecule has 0 fully saturated rings. The van der Waals surface area contributed by atoms with E-state index in [1.807, 2.05) is 17.8 Å². The van der Waals surface area contributed by atoms with Crippen molar-refractivity contribution in [1.82, 2.24) is 15.1 Å². The first-order valence-electron chi connectivity index (χ1n) is 7.00. The van der Waals surface area contributed by atoms with Crippen LogP contribution in [0.3, 0.4) is 0 Å². The van der Waals surface area contributed by atoms with Crippen molar-refractivity contribution in [3.8, 4) is 0 Å². The van der Waals surface area contributed by atoms with Crippen LogP contribution in [-0.2, 0) is 16.1 Å². The largest absolute Gasteiger partial charge is 0.465 e. The zero-order valence-corrected chi connectivity index (χ0v) is 12.3. The number of carbonyl (C=O) groups is 1. The number of carbonyl (C=O) groups excluding carboxylic acids is 1. The van der Waals surface area contributed by atoms with E-state index in [4.69, 9.17) is 4.74 Å². The fraction of sp³-hybridized carbons (Fsp3) is 0.714. The minimum absolute atomic E-state index is 0.237. The van der Waals surface area contributed by atoms with Gasteiger partial charge in [-0.15, -0.1) is 0 Å². The molecule has 1 aromatic rings. The third-order valence-electron chi connectivity index (χ3n) is 2.69. The van der Waals surface area contributed by atoms with Gasteiger partial charge in [-0.2, -0.15) is 5.10 Å². The van der Waals surface area contributed by atoms with Crippen molar-refractivity contribution in [1.29, 1.82) is 0 Å². The molecule has 0 radical (unpaired) electrons. The molecule has 1 rings (SSSR count). The average molecular weight is 267 g/mol. The highest BCUT2D eigenvalue weighted by Gasteiger charge is 2.23. The lowest BCUT2D eigenvalue weighted by atomic mass is 10.1. The smallest absolute Gasteiger partial charge is 0.327 e. The summed E-state index contributed by atoms with van der Waals surface area (Å²) in [5, 5.41) is 7.51. The van der Waals surface area contributed by atoms with Crippen LogP contribution in [0.1, 0.15) is 45.7 Å². The molecule has 1 heterocycles. The molecule has 1 N–H and O–H groups in total. The first-order chi connectivity index (χ1) is 9.08. The summed E-state index contributed by atoms with van der Waals surface area (Å²) in [5.41, 5.74) is 0.868. The molecule has 108 valence electrons. The topological polar surface area (TPSA) is 56.2 Å². The molecular formula is C14H25N3O2. The second-order valence-corrected chi connectivity index (χ2v) is 5.02. The quantitative estimate of drug-likeness (QED) is 0.733. The van der Waals surface area contributed by atoms with Crippen LogP contribution in [0.5, 0.6) is 0 Å². The number of nitrogens with one attached hydrogen (secondary N) is 1. The Morgan fingerprint density at radius 2 is 2.21 bits per heavy atom. The summed E-state index contributed by atoms with van der Waals surface area (Å²) in [4.78, 5) is 12.0. The van der Waals surface area contributed by atoms with Crippen LogP contribution in [0.15, 0.2) is 12.4 Å². The summed E-state index contributed by atoms with van der Waals surface area (Å²) >= 11 is 0. The molecule has 5 nitrogen and oxygen atoms in total. The van der Waals surface area contributed by atoms with Gasteiger partial charge in [-0.3, -0.25) is 4.68 Å². The SMILES string of the molecule is CCCn1cc(C(NCC(C)C)C(=O)OCC)cn1. The Morgan fingerprint density at radius 3 is 2.79 bits per heavy atom. The number of aryl methyl sites for hydroxylation is 1. The molecular weight excluding hydrogens is 242 g/mol. The molecule has 1 unspecified atom stereocenters. The molecule has 0 saturated carbocycles. The van der Waals surface area contributed by atoms with Crippen molar-refractivity contribution < 1.29 is 9.53 Å². The van der Waals surface area contributed by atoms with Gasteiger partial charge in [-0.25, -0.2) is 4.79 Å². The van der Waals surface area contributed by atoms with Gasteiger partial charge in [0.25, 0.3) is 0 Å². The van der Waals surface area contributed by atoms with Crippen LogP contribution >= 0.6 is 0 Å². The molecule has 0 bridgehead atoms. The van der Waals surface area contributed by atoms with Gasteiger partial charge in [-0.1, -0.05) is 20.8 Å². The van der Waals surface area contributed by atoms with E-state index in [1.54, 1.807) is 6.20 Å². The van der Waals surface area contributed by atoms with E-state index in [0.717, 1.165) is 25.1 Å². The van der Waals surface area contributed by atoms with Crippen LogP contribution in [0.25, 0.3) is 0 Å². The minimum Gasteiger partial charge on any atom is -0.465 e. The van der Waals surface area contributed by atoms with Gasteiger partial charge in [0.2, 0.25) is 0 Å². The van der Waals surface area contributed by atoms with Crippen molar-refractivity contribution >= 4 is 5.97 Å². The molecule has 0 saturated heterocycles. The summed E-state index contributed by atoms with van der Waals surface area (Å²) in [6, 6.07) is -0.423. The Labute approximate surface area is 115 Å². The minimum atomic E-state index is -0.423. The van der Waals surface area contributed by atoms with Gasteiger partial charge < -0.3 is 10.1 Å². The Hall–Kier alpha value is -1.36. The molecule has 0 spiro atoms. The van der Waals surface area contributed by atoms with E-state index in [9.17, 15) is 4.79 Å². The van der Waals surface area contributed by atoms with E-state index in [0.29, 0.717) is 12.5 Å². The maximum absolute atomic E-state index is 12.0. The van der Waals surface area contributed by atoms with Crippen LogP contribution in [-0.4, -0.2) is 28.9 Å². The lowest BCUT2D eigenvalue weighted by molar-refractivity contribution is -0.145. The normalized spacial score (nSPS) is 12.7. The van der Waals surface area contributed by atoms with Gasteiger partial charge in [-0.05, 0) is 25.8 Å². The van der Waals surface area contributed by atoms with Gasteiger partial charge in [0.1, 0.15) is 6.04 Å². The van der Waals surface area contributed by atoms with E-state index >= 15 is 0 Å². The zero-order valence-electron chi connectivity index (χ0n) is 12.3. The molecule has 5 heteroatoms. The first-order valence-corrected chi connectivity index (χ1v) is 7.00. The highest BCUT2D eigenvalue weighted by Crippen LogP contribution is 2.15. The van der Waals surface area contributed by atoms with Gasteiger partial charge in [0, 0.05) is 18.3 Å². The second-order valence-electron chi connectivity index (χ2n) is 5.02. The molecule has 0 aliphatic carbocycles. The van der Waals surface area contributed by atoms with Gasteiger partial charge >= 0.3 is 5.97 Å². The number of hydrogen-bond acceptors (Lipinski definition) is 4. The molecule has 0 aliphatic rings. The third kappa shape index (κ3) is 5.03. The Morgan fingerprint density at radius 1 is 1.47 bits per heavy atom. The van der Waals surface area contributed by atoms with Gasteiger partial charge in [0.05, 0.1) is 12.8 Å². The third-order valence-corrected chi connectivity index (χ3v) is 2.69. The Kier molecular flexibility index (Phi) is 6.56. The number of hydrogen-bond donors (Lipinski definition) is 1. The lowest BCUT2D eigenvalue weighted by Crippen LogP contribution is -2.32. The van der Waals surface area contributed by atoms with Crippen molar-refractivity contribution in [2.24, 2.45) is 5.92 Å². The standard InChI is InChI=1S/C14H25N3O2/c1-5-7-17-10-12(9-16-17)13(14(18)19-6-2)15-8-11(3)4/h9-11,13,15H,5-8H2,1-4H3. The van der Waals surface area contributed by atoms with Gasteiger partial charge in [0.15, 0.2) is 0 Å². The van der Waals surface area contributed by atoms with Crippen molar-refractivity contribution in [2.45, 2.75) is 46.7 Å². The number of esters is 1. The highest BCUT2D eigenvalue weighted by molar-refractivity contribution is 5.77. The van der Waals surface area contributed by atoms with Crippen LogP contribution < -0.4 is 5.32 Å². The molecule has 19 heavy (non-hydrogen) atoms. The molecule has 1 aromatic heterocycles. The summed E-state index contributed by atoms with van der Waals surface area (Å²) in [5.74, 6) is 0.238. The maximum atomic E-state index is 12.0. The summed E-state index contributed by atoms with van der Waals surface area (Å²) in [7, 11) is 0. The highest BCUT2D eigenvalue weighted by atomic mass is 16.5. The second kappa shape index (κ2) is 7.94. The number of nitrogens with zero attached hydrogens (tertiary/aromatic N) is 2. The van der Waals surface area contributed by atoms with E-state index < -0.39 is 6.04 Å². The van der Waals surface area contributed by atoms with E-state index in [1.165, 1.54) is 0 Å². The zero-order chi connectivity index (χ0) is 14.3. The van der Waals surface area contributed by atoms with E-state index in [2.05, 4.69) is 31.2 Å². The predicted molar refractivity (Wildman–Crippen MR) is 74.7 cm³/mol. The predicted octanol–water partition coefficient (Wildman–Crippen LogP) is 2.14. The number of ether oxygens (including phenoxy) is 1. The molecule has 0 aromatic carbocycles. The lowest BCUT2D eigenvalue weighted by Gasteiger charge is -2.17. The summed E-state index contributed by atoms with van der Waals surface area (Å²) in [6.07, 6.45) is 4.67. The van der Waals surface area contributed by atoms with Crippen molar-refractivity contribution in [3.63, 3.8) is 0 Å². The average Bonchev–Trinajstić information content (AvgIpc) is 2.78. The van der Waals surface area contributed by atoms with E-state index in [-0.39, 0.29) is 5.97 Å². The Bertz CT molecular complexity index is 388. The monoisotopic (exact) mass is 267 g/mol. The van der Waals surface area contributed by atoms with Crippen molar-refractivity contribution in [2.75, 3.05) is 13.2 Å². The fourth-order valence-electron chi connectivity index (χ4n) is 1.80. The molecule has 0 amide bonds. The first kappa shape index (κ1) is 15.7. The maximum Gasteiger partial charge on any atom is 0.327 e. The van der Waals surface area contributed by atoms with Crippen LogP contribution in [0.4, 0.5) is 0 Å². The fourth-order valence-corrected chi connectivity index (χ4v) is 1.80. The van der Waals surface area contributed by atoms with Crippen molar-refractivity contribution in [3.05, 3.63) is 18.0 Å². The van der Waals surface area contributed by atoms with Crippen LogP contribution in [0.2, 0.25) is 0 Å². The molecule has 1 atom stereocenters. The number of aromatic nitrogens is 2. The van der Waals surface area contributed by atoms with Crippen LogP contribution in [0, 0.1) is 5.92 Å².